The third kappa shape index (κ3) is 4.96. The topological polar surface area (TPSA) is 70.8 Å². The number of nitrogens with zero attached hydrogens (tertiary/aromatic N) is 4. The Morgan fingerprint density at radius 1 is 1.20 bits per heavy atom. The van der Waals surface area contributed by atoms with E-state index in [-0.39, 0.29) is 6.42 Å². The summed E-state index contributed by atoms with van der Waals surface area (Å²) in [6.45, 7) is 7.71. The van der Waals surface area contributed by atoms with Crippen LogP contribution in [0.3, 0.4) is 0 Å². The van der Waals surface area contributed by atoms with Crippen molar-refractivity contribution < 1.29 is 14.6 Å². The van der Waals surface area contributed by atoms with Crippen LogP contribution in [-0.2, 0) is 18.3 Å². The number of hydrogen-bond donors (Lipinski definition) is 1. The molecule has 0 radical (unpaired) electrons. The summed E-state index contributed by atoms with van der Waals surface area (Å²) in [5.74, 6) is -0.0667. The summed E-state index contributed by atoms with van der Waals surface area (Å²) in [4.78, 5) is 20.9. The number of thiazole rings is 1. The Hall–Kier alpha value is -2.81. The van der Waals surface area contributed by atoms with Crippen molar-refractivity contribution >= 4 is 55.2 Å². The van der Waals surface area contributed by atoms with Crippen molar-refractivity contribution in [2.45, 2.75) is 32.4 Å². The molecule has 184 valence electrons. The molecular weight excluding hydrogens is 484 g/mol. The molecule has 2 aromatic carbocycles. The third-order valence-electron chi connectivity index (χ3n) is 6.71. The van der Waals surface area contributed by atoms with Gasteiger partial charge in [0.05, 0.1) is 16.6 Å². The Labute approximate surface area is 213 Å². The molecule has 2 aromatic heterocycles. The zero-order valence-electron chi connectivity index (χ0n) is 20.1. The molecule has 4 aromatic rings. The number of halogens is 1. The fourth-order valence-electron chi connectivity index (χ4n) is 5.09. The first-order valence-electron chi connectivity index (χ1n) is 11.8. The van der Waals surface area contributed by atoms with E-state index in [9.17, 15) is 9.90 Å². The number of anilines is 1. The molecular formula is C26H29ClN4O3S. The number of rotatable bonds is 7. The van der Waals surface area contributed by atoms with Crippen molar-refractivity contribution in [3.05, 3.63) is 53.2 Å². The summed E-state index contributed by atoms with van der Waals surface area (Å²) in [6.07, 6.45) is 1.88. The van der Waals surface area contributed by atoms with Crippen LogP contribution in [0.15, 0.2) is 42.6 Å². The second-order valence-corrected chi connectivity index (χ2v) is 10.8. The molecule has 0 bridgehead atoms. The van der Waals surface area contributed by atoms with Crippen LogP contribution in [0.2, 0.25) is 5.02 Å². The number of aryl methyl sites for hydroxylation is 1. The van der Waals surface area contributed by atoms with E-state index in [2.05, 4.69) is 23.6 Å². The number of hydrogen-bond acceptors (Lipinski definition) is 6. The van der Waals surface area contributed by atoms with Gasteiger partial charge in [0.25, 0.3) is 0 Å². The number of carboxylic acids is 1. The van der Waals surface area contributed by atoms with Crippen LogP contribution < -0.4 is 9.64 Å². The predicted octanol–water partition coefficient (Wildman–Crippen LogP) is 5.05. The standard InChI is InChI=1S/C26H29ClN4O3S/c1-16-13-30(26-28-22-6-4-19(27)11-24(22)35-26)14-17(2)31(16)8-9-34-20-5-7-23-21(12-20)18(10-25(32)33)15-29(23)3/h4-7,11-12,15-17H,8-10,13-14H2,1-3H3,(H,32,33)/t16-,17+. The lowest BCUT2D eigenvalue weighted by atomic mass is 10.1. The highest BCUT2D eigenvalue weighted by atomic mass is 35.5. The fourth-order valence-corrected chi connectivity index (χ4v) is 6.35. The molecule has 0 amide bonds. The first kappa shape index (κ1) is 23.9. The Morgan fingerprint density at radius 3 is 2.71 bits per heavy atom. The van der Waals surface area contributed by atoms with Crippen LogP contribution in [0.1, 0.15) is 19.4 Å². The lowest BCUT2D eigenvalue weighted by Gasteiger charge is -2.44. The molecule has 1 saturated heterocycles. The van der Waals surface area contributed by atoms with E-state index in [4.69, 9.17) is 21.3 Å². The number of carboxylic acid groups (broad SMARTS) is 1. The molecule has 9 heteroatoms. The van der Waals surface area contributed by atoms with Gasteiger partial charge in [-0.25, -0.2) is 4.98 Å². The number of ether oxygens (including phenoxy) is 1. The quantitative estimate of drug-likeness (QED) is 0.374. The molecule has 1 N–H and O–H groups in total. The van der Waals surface area contributed by atoms with E-state index >= 15 is 0 Å². The van der Waals surface area contributed by atoms with Gasteiger partial charge in [-0.2, -0.15) is 0 Å². The van der Waals surface area contributed by atoms with Gasteiger partial charge in [0.15, 0.2) is 5.13 Å². The highest BCUT2D eigenvalue weighted by molar-refractivity contribution is 7.22. The second kappa shape index (κ2) is 9.68. The maximum atomic E-state index is 11.2. The van der Waals surface area contributed by atoms with Crippen LogP contribution in [0.25, 0.3) is 21.1 Å². The van der Waals surface area contributed by atoms with Crippen LogP contribution in [0.4, 0.5) is 5.13 Å². The van der Waals surface area contributed by atoms with E-state index in [1.165, 1.54) is 0 Å². The molecule has 2 atom stereocenters. The number of aromatic nitrogens is 2. The highest BCUT2D eigenvalue weighted by Gasteiger charge is 2.30. The van der Waals surface area contributed by atoms with E-state index in [0.717, 1.165) is 62.2 Å². The molecule has 1 aliphatic rings. The molecule has 0 unspecified atom stereocenters. The lowest BCUT2D eigenvalue weighted by molar-refractivity contribution is -0.136. The van der Waals surface area contributed by atoms with Gasteiger partial charge < -0.3 is 19.3 Å². The van der Waals surface area contributed by atoms with Gasteiger partial charge in [-0.1, -0.05) is 22.9 Å². The normalized spacial score (nSPS) is 19.0. The van der Waals surface area contributed by atoms with Crippen LogP contribution in [0, 0.1) is 0 Å². The van der Waals surface area contributed by atoms with Crippen molar-refractivity contribution in [2.24, 2.45) is 7.05 Å². The summed E-state index contributed by atoms with van der Waals surface area (Å²) in [5, 5.41) is 11.9. The van der Waals surface area contributed by atoms with Gasteiger partial charge in [0.1, 0.15) is 12.4 Å². The largest absolute Gasteiger partial charge is 0.492 e. The summed E-state index contributed by atoms with van der Waals surface area (Å²) < 4.78 is 9.19. The first-order valence-corrected chi connectivity index (χ1v) is 13.0. The van der Waals surface area contributed by atoms with Crippen LogP contribution in [-0.4, -0.2) is 63.9 Å². The SMILES string of the molecule is C[C@@H]1CN(c2nc3ccc(Cl)cc3s2)C[C@H](C)N1CCOc1ccc2c(c1)c(CC(=O)O)cn2C. The maximum absolute atomic E-state index is 11.2. The van der Waals surface area contributed by atoms with Crippen LogP contribution in [0.5, 0.6) is 5.75 Å². The van der Waals surface area contributed by atoms with Crippen LogP contribution >= 0.6 is 22.9 Å². The highest BCUT2D eigenvalue weighted by Crippen LogP contribution is 2.33. The number of piperazine rings is 1. The smallest absolute Gasteiger partial charge is 0.307 e. The molecule has 35 heavy (non-hydrogen) atoms. The predicted molar refractivity (Wildman–Crippen MR) is 142 cm³/mol. The van der Waals surface area contributed by atoms with Gasteiger partial charge >= 0.3 is 5.97 Å². The summed E-state index contributed by atoms with van der Waals surface area (Å²) in [6, 6.07) is 12.5. The number of fused-ring (bicyclic) bond motifs is 2. The van der Waals surface area contributed by atoms with E-state index in [0.29, 0.717) is 18.7 Å². The third-order valence-corrected chi connectivity index (χ3v) is 8.03. The van der Waals surface area contributed by atoms with Crippen molar-refractivity contribution in [3.8, 4) is 5.75 Å². The molecule has 0 aliphatic carbocycles. The van der Waals surface area contributed by atoms with E-state index in [1.807, 2.05) is 54.2 Å². The summed E-state index contributed by atoms with van der Waals surface area (Å²) >= 11 is 7.85. The van der Waals surface area contributed by atoms with Crippen molar-refractivity contribution in [2.75, 3.05) is 31.1 Å². The fraction of sp³-hybridized carbons (Fsp3) is 0.385. The molecule has 7 nitrogen and oxygen atoms in total. The molecule has 1 aliphatic heterocycles. The zero-order chi connectivity index (χ0) is 24.7. The van der Waals surface area contributed by atoms with Gasteiger partial charge in [-0.05, 0) is 55.8 Å². The Morgan fingerprint density at radius 2 is 1.97 bits per heavy atom. The van der Waals surface area contributed by atoms with Crippen molar-refractivity contribution in [3.63, 3.8) is 0 Å². The number of aliphatic carboxylic acids is 1. The number of carbonyl (C=O) groups is 1. The van der Waals surface area contributed by atoms with Crippen molar-refractivity contribution in [1.29, 1.82) is 0 Å². The molecule has 1 fully saturated rings. The monoisotopic (exact) mass is 512 g/mol. The molecule has 5 rings (SSSR count). The Kier molecular flexibility index (Phi) is 6.61. The molecule has 0 saturated carbocycles. The van der Waals surface area contributed by atoms with Gasteiger partial charge in [-0.3, -0.25) is 9.69 Å². The van der Waals surface area contributed by atoms with E-state index < -0.39 is 5.97 Å². The average Bonchev–Trinajstić information content (AvgIpc) is 3.35. The maximum Gasteiger partial charge on any atom is 0.307 e. The average molecular weight is 513 g/mol. The minimum Gasteiger partial charge on any atom is -0.492 e. The number of benzene rings is 2. The molecule has 0 spiro atoms. The zero-order valence-corrected chi connectivity index (χ0v) is 21.6. The lowest BCUT2D eigenvalue weighted by Crippen LogP contribution is -2.57. The van der Waals surface area contributed by atoms with Gasteiger partial charge in [0.2, 0.25) is 0 Å². The Bertz CT molecular complexity index is 1370. The first-order chi connectivity index (χ1) is 16.8. The summed E-state index contributed by atoms with van der Waals surface area (Å²) in [5.41, 5.74) is 2.80. The van der Waals surface area contributed by atoms with Gasteiger partial charge in [-0.15, -0.1) is 0 Å². The second-order valence-electron chi connectivity index (χ2n) is 9.31. The minimum atomic E-state index is -0.833. The van der Waals surface area contributed by atoms with Gasteiger partial charge in [0, 0.05) is 60.9 Å². The van der Waals surface area contributed by atoms with E-state index in [1.54, 1.807) is 11.3 Å². The summed E-state index contributed by atoms with van der Waals surface area (Å²) in [7, 11) is 1.93. The van der Waals surface area contributed by atoms with Crippen molar-refractivity contribution in [1.82, 2.24) is 14.5 Å². The minimum absolute atomic E-state index is 0.00178. The Balaban J connectivity index is 1.22. The molecule has 3 heterocycles.